The zero-order valence-electron chi connectivity index (χ0n) is 13.9. The fourth-order valence-electron chi connectivity index (χ4n) is 3.18. The summed E-state index contributed by atoms with van der Waals surface area (Å²) in [6.45, 7) is 2.99. The third kappa shape index (κ3) is 3.41. The van der Waals surface area contributed by atoms with Crippen LogP contribution in [0.2, 0.25) is 5.02 Å². The second-order valence-corrected chi connectivity index (χ2v) is 6.80. The molecule has 0 aliphatic carbocycles. The Morgan fingerprint density at radius 2 is 1.75 bits per heavy atom. The van der Waals surface area contributed by atoms with Crippen molar-refractivity contribution in [3.8, 4) is 0 Å². The molecule has 2 aliphatic rings. The van der Waals surface area contributed by atoms with Gasteiger partial charge in [-0.2, -0.15) is 0 Å². The van der Waals surface area contributed by atoms with Gasteiger partial charge in [0.25, 0.3) is 5.91 Å². The molecule has 130 valence electrons. The number of rotatable bonds is 2. The maximum absolute atomic E-state index is 13.0. The van der Waals surface area contributed by atoms with Gasteiger partial charge in [-0.15, -0.1) is 0 Å². The van der Waals surface area contributed by atoms with E-state index in [2.05, 4.69) is 4.90 Å². The van der Waals surface area contributed by atoms with E-state index in [1.54, 1.807) is 24.1 Å². The first-order valence-electron chi connectivity index (χ1n) is 8.07. The van der Waals surface area contributed by atoms with E-state index >= 15 is 0 Å². The molecule has 6 nitrogen and oxygen atoms in total. The molecular formula is C17H22ClN3O3. The first kappa shape index (κ1) is 17.2. The number of carbonyl (C=O) groups excluding carboxylic acids is 2. The standard InChI is InChI=1S/C17H22ClN3O3/c1-19-7-9-21(10-8-19)17(23)16-15(20(2)14(22)11-24-16)12-3-5-13(18)6-4-12/h3-6,15-16H,7-11H2,1-2H3/t15-,16-/m1/s1. The molecule has 2 heterocycles. The summed E-state index contributed by atoms with van der Waals surface area (Å²) in [5, 5.41) is 0.617. The summed E-state index contributed by atoms with van der Waals surface area (Å²) in [5.41, 5.74) is 0.849. The van der Waals surface area contributed by atoms with Crippen molar-refractivity contribution in [2.24, 2.45) is 0 Å². The number of piperazine rings is 1. The van der Waals surface area contributed by atoms with Crippen LogP contribution in [0.3, 0.4) is 0 Å². The Kier molecular flexibility index (Phi) is 5.08. The van der Waals surface area contributed by atoms with E-state index in [0.29, 0.717) is 18.1 Å². The maximum Gasteiger partial charge on any atom is 0.254 e. The summed E-state index contributed by atoms with van der Waals surface area (Å²) in [7, 11) is 3.76. The van der Waals surface area contributed by atoms with Crippen LogP contribution in [0, 0.1) is 0 Å². The van der Waals surface area contributed by atoms with Crippen LogP contribution in [0.5, 0.6) is 0 Å². The topological polar surface area (TPSA) is 53.1 Å². The number of morpholine rings is 1. The molecule has 1 aromatic carbocycles. The van der Waals surface area contributed by atoms with Gasteiger partial charge in [-0.1, -0.05) is 23.7 Å². The van der Waals surface area contributed by atoms with Crippen LogP contribution in [-0.2, 0) is 14.3 Å². The molecule has 1 aromatic rings. The van der Waals surface area contributed by atoms with Crippen molar-refractivity contribution >= 4 is 23.4 Å². The number of carbonyl (C=O) groups is 2. The van der Waals surface area contributed by atoms with E-state index in [0.717, 1.165) is 18.7 Å². The van der Waals surface area contributed by atoms with Crippen molar-refractivity contribution in [2.75, 3.05) is 46.9 Å². The van der Waals surface area contributed by atoms with Gasteiger partial charge in [0.1, 0.15) is 6.61 Å². The Hall–Kier alpha value is -1.63. The number of halogens is 1. The van der Waals surface area contributed by atoms with Gasteiger partial charge in [0, 0.05) is 38.2 Å². The first-order valence-corrected chi connectivity index (χ1v) is 8.45. The second kappa shape index (κ2) is 7.09. The average molecular weight is 352 g/mol. The quantitative estimate of drug-likeness (QED) is 0.798. The molecule has 7 heteroatoms. The Balaban J connectivity index is 1.84. The number of ether oxygens (including phenoxy) is 1. The molecule has 0 radical (unpaired) electrons. The highest BCUT2D eigenvalue weighted by atomic mass is 35.5. The lowest BCUT2D eigenvalue weighted by molar-refractivity contribution is -0.168. The van der Waals surface area contributed by atoms with Gasteiger partial charge in [0.15, 0.2) is 6.10 Å². The van der Waals surface area contributed by atoms with Crippen LogP contribution >= 0.6 is 11.6 Å². The van der Waals surface area contributed by atoms with Gasteiger partial charge < -0.3 is 19.4 Å². The third-order valence-corrected chi connectivity index (χ3v) is 5.01. The highest BCUT2D eigenvalue weighted by molar-refractivity contribution is 6.30. The van der Waals surface area contributed by atoms with E-state index in [1.807, 2.05) is 24.1 Å². The number of benzene rings is 1. The van der Waals surface area contributed by atoms with Gasteiger partial charge in [0.05, 0.1) is 6.04 Å². The fraction of sp³-hybridized carbons (Fsp3) is 0.529. The van der Waals surface area contributed by atoms with Crippen molar-refractivity contribution in [2.45, 2.75) is 12.1 Å². The van der Waals surface area contributed by atoms with E-state index in [-0.39, 0.29) is 18.4 Å². The minimum Gasteiger partial charge on any atom is -0.356 e. The average Bonchev–Trinajstić information content (AvgIpc) is 2.58. The van der Waals surface area contributed by atoms with Crippen molar-refractivity contribution in [3.05, 3.63) is 34.9 Å². The van der Waals surface area contributed by atoms with Crippen molar-refractivity contribution in [3.63, 3.8) is 0 Å². The van der Waals surface area contributed by atoms with Crippen molar-refractivity contribution < 1.29 is 14.3 Å². The van der Waals surface area contributed by atoms with Crippen molar-refractivity contribution in [1.82, 2.24) is 14.7 Å². The van der Waals surface area contributed by atoms with Crippen LogP contribution < -0.4 is 0 Å². The van der Waals surface area contributed by atoms with Gasteiger partial charge in [-0.25, -0.2) is 0 Å². The summed E-state index contributed by atoms with van der Waals surface area (Å²) in [6.07, 6.45) is -0.683. The lowest BCUT2D eigenvalue weighted by Crippen LogP contribution is -2.56. The minimum absolute atomic E-state index is 0.0533. The number of nitrogens with zero attached hydrogens (tertiary/aromatic N) is 3. The molecule has 0 bridgehead atoms. The first-order chi connectivity index (χ1) is 11.5. The molecular weight excluding hydrogens is 330 g/mol. The van der Waals surface area contributed by atoms with Crippen LogP contribution in [0.15, 0.2) is 24.3 Å². The highest BCUT2D eigenvalue weighted by Crippen LogP contribution is 2.31. The Morgan fingerprint density at radius 1 is 1.12 bits per heavy atom. The number of likely N-dealkylation sites (N-methyl/N-ethyl adjacent to an activating group) is 2. The molecule has 0 N–H and O–H groups in total. The van der Waals surface area contributed by atoms with Gasteiger partial charge in [0.2, 0.25) is 5.91 Å². The number of hydrogen-bond acceptors (Lipinski definition) is 4. The normalized spacial score (nSPS) is 25.9. The van der Waals surface area contributed by atoms with E-state index in [4.69, 9.17) is 16.3 Å². The Morgan fingerprint density at radius 3 is 2.38 bits per heavy atom. The predicted octanol–water partition coefficient (Wildman–Crippen LogP) is 1.01. The molecule has 2 atom stereocenters. The second-order valence-electron chi connectivity index (χ2n) is 6.36. The molecule has 2 aliphatic heterocycles. The summed E-state index contributed by atoms with van der Waals surface area (Å²) < 4.78 is 5.67. The molecule has 2 saturated heterocycles. The Labute approximate surface area is 146 Å². The largest absolute Gasteiger partial charge is 0.356 e. The molecule has 24 heavy (non-hydrogen) atoms. The Bertz CT molecular complexity index is 614. The molecule has 0 unspecified atom stereocenters. The maximum atomic E-state index is 13.0. The minimum atomic E-state index is -0.683. The lowest BCUT2D eigenvalue weighted by atomic mass is 9.97. The predicted molar refractivity (Wildman–Crippen MR) is 90.8 cm³/mol. The van der Waals surface area contributed by atoms with Gasteiger partial charge in [-0.3, -0.25) is 9.59 Å². The van der Waals surface area contributed by atoms with E-state index in [9.17, 15) is 9.59 Å². The van der Waals surface area contributed by atoms with Crippen LogP contribution in [0.1, 0.15) is 11.6 Å². The molecule has 2 amide bonds. The zero-order chi connectivity index (χ0) is 17.3. The van der Waals surface area contributed by atoms with Crippen LogP contribution in [0.25, 0.3) is 0 Å². The summed E-state index contributed by atoms with van der Waals surface area (Å²) in [6, 6.07) is 6.78. The summed E-state index contributed by atoms with van der Waals surface area (Å²) in [4.78, 5) is 30.7. The van der Waals surface area contributed by atoms with Crippen LogP contribution in [-0.4, -0.2) is 79.5 Å². The smallest absolute Gasteiger partial charge is 0.254 e. The molecule has 3 rings (SSSR count). The molecule has 0 spiro atoms. The van der Waals surface area contributed by atoms with Gasteiger partial charge in [-0.05, 0) is 24.7 Å². The van der Waals surface area contributed by atoms with Crippen molar-refractivity contribution in [1.29, 1.82) is 0 Å². The molecule has 0 saturated carbocycles. The number of amides is 2. The molecule has 0 aromatic heterocycles. The highest BCUT2D eigenvalue weighted by Gasteiger charge is 2.42. The van der Waals surface area contributed by atoms with Crippen LogP contribution in [0.4, 0.5) is 0 Å². The van der Waals surface area contributed by atoms with E-state index in [1.165, 1.54) is 0 Å². The SMILES string of the molecule is CN1CCN(C(=O)[C@@H]2OCC(=O)N(C)[C@@H]2c2ccc(Cl)cc2)CC1. The molecule has 2 fully saturated rings. The lowest BCUT2D eigenvalue weighted by Gasteiger charge is -2.41. The third-order valence-electron chi connectivity index (χ3n) is 4.75. The fourth-order valence-corrected chi connectivity index (χ4v) is 3.31. The number of hydrogen-bond donors (Lipinski definition) is 0. The summed E-state index contributed by atoms with van der Waals surface area (Å²) >= 11 is 5.96. The van der Waals surface area contributed by atoms with E-state index < -0.39 is 12.1 Å². The summed E-state index contributed by atoms with van der Waals surface area (Å²) in [5.74, 6) is -0.181. The monoisotopic (exact) mass is 351 g/mol. The van der Waals surface area contributed by atoms with Gasteiger partial charge >= 0.3 is 0 Å². The zero-order valence-corrected chi connectivity index (χ0v) is 14.7.